The van der Waals surface area contributed by atoms with Crippen molar-refractivity contribution in [1.29, 1.82) is 0 Å². The number of amides is 2. The van der Waals surface area contributed by atoms with Crippen LogP contribution in [0.5, 0.6) is 5.75 Å². The molecule has 1 aromatic carbocycles. The maximum Gasteiger partial charge on any atom is 0.276 e. The van der Waals surface area contributed by atoms with Crippen LogP contribution in [-0.2, 0) is 9.59 Å². The fourth-order valence-corrected chi connectivity index (χ4v) is 3.02. The van der Waals surface area contributed by atoms with E-state index >= 15 is 0 Å². The van der Waals surface area contributed by atoms with Crippen LogP contribution in [0.4, 0.5) is 0 Å². The van der Waals surface area contributed by atoms with Gasteiger partial charge in [-0.25, -0.2) is 0 Å². The first-order chi connectivity index (χ1) is 11.5. The molecule has 1 aliphatic carbocycles. The fraction of sp³-hybridized carbons (Fsp3) is 0.556. The summed E-state index contributed by atoms with van der Waals surface area (Å²) in [4.78, 5) is 23.5. The molecule has 0 radical (unpaired) electrons. The number of carbonyl (C=O) groups is 2. The molecule has 1 saturated carbocycles. The van der Waals surface area contributed by atoms with Crippen LogP contribution in [0.15, 0.2) is 18.2 Å². The lowest BCUT2D eigenvalue weighted by Crippen LogP contribution is -2.43. The zero-order valence-electron chi connectivity index (χ0n) is 14.1. The molecular formula is C18H25ClN2O3. The van der Waals surface area contributed by atoms with Gasteiger partial charge in [0.1, 0.15) is 5.75 Å². The van der Waals surface area contributed by atoms with Crippen molar-refractivity contribution in [1.82, 2.24) is 10.9 Å². The van der Waals surface area contributed by atoms with E-state index in [1.807, 2.05) is 6.92 Å². The lowest BCUT2D eigenvalue weighted by molar-refractivity contribution is -0.130. The highest BCUT2D eigenvalue weighted by molar-refractivity contribution is 6.31. The predicted molar refractivity (Wildman–Crippen MR) is 93.8 cm³/mol. The lowest BCUT2D eigenvalue weighted by Gasteiger charge is -2.21. The quantitative estimate of drug-likeness (QED) is 0.769. The number of rotatable bonds is 6. The second-order valence-electron chi connectivity index (χ2n) is 6.34. The molecule has 0 spiro atoms. The van der Waals surface area contributed by atoms with E-state index in [1.54, 1.807) is 18.2 Å². The third-order valence-electron chi connectivity index (χ3n) is 4.35. The van der Waals surface area contributed by atoms with Gasteiger partial charge in [0.2, 0.25) is 5.91 Å². The Bertz CT molecular complexity index is 571. The first kappa shape index (κ1) is 18.6. The van der Waals surface area contributed by atoms with Crippen molar-refractivity contribution in [3.8, 4) is 5.75 Å². The molecule has 0 saturated heterocycles. The van der Waals surface area contributed by atoms with E-state index in [-0.39, 0.29) is 12.5 Å². The van der Waals surface area contributed by atoms with E-state index in [0.717, 1.165) is 12.0 Å². The minimum atomic E-state index is -0.395. The molecule has 2 N–H and O–H groups in total. The van der Waals surface area contributed by atoms with Gasteiger partial charge in [-0.3, -0.25) is 20.4 Å². The Kier molecular flexibility index (Phi) is 7.37. The summed E-state index contributed by atoms with van der Waals surface area (Å²) in [7, 11) is 0. The number of halogens is 1. The fourth-order valence-electron chi connectivity index (χ4n) is 2.90. The molecule has 0 atom stereocenters. The maximum absolute atomic E-state index is 11.8. The van der Waals surface area contributed by atoms with Gasteiger partial charge in [-0.15, -0.1) is 0 Å². The Morgan fingerprint density at radius 1 is 1.17 bits per heavy atom. The van der Waals surface area contributed by atoms with Gasteiger partial charge in [0.15, 0.2) is 6.61 Å². The van der Waals surface area contributed by atoms with Gasteiger partial charge in [-0.05, 0) is 43.0 Å². The normalized spacial score (nSPS) is 14.9. The third kappa shape index (κ3) is 6.40. The van der Waals surface area contributed by atoms with Gasteiger partial charge >= 0.3 is 0 Å². The van der Waals surface area contributed by atoms with Crippen LogP contribution in [0.25, 0.3) is 0 Å². The number of carbonyl (C=O) groups excluding carboxylic acids is 2. The summed E-state index contributed by atoms with van der Waals surface area (Å²) in [6.45, 7) is 1.70. The summed E-state index contributed by atoms with van der Waals surface area (Å²) < 4.78 is 5.37. The Hall–Kier alpha value is -1.75. The topological polar surface area (TPSA) is 67.4 Å². The van der Waals surface area contributed by atoms with Gasteiger partial charge < -0.3 is 4.74 Å². The molecule has 6 heteroatoms. The molecule has 24 heavy (non-hydrogen) atoms. The Labute approximate surface area is 148 Å². The molecule has 132 valence electrons. The molecule has 1 aromatic rings. The van der Waals surface area contributed by atoms with E-state index in [0.29, 0.717) is 23.1 Å². The monoisotopic (exact) mass is 352 g/mol. The van der Waals surface area contributed by atoms with Gasteiger partial charge in [-0.2, -0.15) is 0 Å². The van der Waals surface area contributed by atoms with Crippen LogP contribution < -0.4 is 15.6 Å². The number of nitrogens with one attached hydrogen (secondary N) is 2. The molecule has 0 aliphatic heterocycles. The van der Waals surface area contributed by atoms with E-state index < -0.39 is 5.91 Å². The first-order valence-electron chi connectivity index (χ1n) is 8.51. The van der Waals surface area contributed by atoms with Crippen LogP contribution in [0.2, 0.25) is 5.02 Å². The minimum absolute atomic E-state index is 0.156. The SMILES string of the molecule is Cc1cc(OCC(=O)NNC(=O)CCC2CCCCC2)ccc1Cl. The molecular weight excluding hydrogens is 328 g/mol. The van der Waals surface area contributed by atoms with Crippen LogP contribution in [0.3, 0.4) is 0 Å². The van der Waals surface area contributed by atoms with Crippen molar-refractivity contribution in [2.24, 2.45) is 5.92 Å². The highest BCUT2D eigenvalue weighted by Crippen LogP contribution is 2.27. The Balaban J connectivity index is 1.61. The van der Waals surface area contributed by atoms with Crippen LogP contribution in [0.1, 0.15) is 50.5 Å². The molecule has 2 rings (SSSR count). The molecule has 0 unspecified atom stereocenters. The van der Waals surface area contributed by atoms with Gasteiger partial charge in [-0.1, -0.05) is 43.7 Å². The van der Waals surface area contributed by atoms with Gasteiger partial charge in [0, 0.05) is 11.4 Å². The minimum Gasteiger partial charge on any atom is -0.484 e. The lowest BCUT2D eigenvalue weighted by atomic mass is 9.86. The molecule has 1 fully saturated rings. The van der Waals surface area contributed by atoms with E-state index in [9.17, 15) is 9.59 Å². The number of ether oxygens (including phenoxy) is 1. The van der Waals surface area contributed by atoms with E-state index in [4.69, 9.17) is 16.3 Å². The second kappa shape index (κ2) is 9.52. The number of hydrogen-bond acceptors (Lipinski definition) is 3. The zero-order chi connectivity index (χ0) is 17.4. The van der Waals surface area contributed by atoms with Crippen molar-refractivity contribution in [3.63, 3.8) is 0 Å². The summed E-state index contributed by atoms with van der Waals surface area (Å²) in [5.41, 5.74) is 5.70. The van der Waals surface area contributed by atoms with Crippen LogP contribution >= 0.6 is 11.6 Å². The van der Waals surface area contributed by atoms with Crippen molar-refractivity contribution in [3.05, 3.63) is 28.8 Å². The van der Waals surface area contributed by atoms with Crippen molar-refractivity contribution < 1.29 is 14.3 Å². The van der Waals surface area contributed by atoms with Crippen molar-refractivity contribution in [2.75, 3.05) is 6.61 Å². The number of aryl methyl sites for hydroxylation is 1. The summed E-state index contributed by atoms with van der Waals surface area (Å²) in [6, 6.07) is 5.18. The number of benzene rings is 1. The first-order valence-corrected chi connectivity index (χ1v) is 8.89. The van der Waals surface area contributed by atoms with Crippen LogP contribution in [-0.4, -0.2) is 18.4 Å². The highest BCUT2D eigenvalue weighted by Gasteiger charge is 2.15. The highest BCUT2D eigenvalue weighted by atomic mass is 35.5. The number of hydrogen-bond donors (Lipinski definition) is 2. The average molecular weight is 353 g/mol. The molecule has 0 bridgehead atoms. The predicted octanol–water partition coefficient (Wildman–Crippen LogP) is 3.54. The Morgan fingerprint density at radius 3 is 2.58 bits per heavy atom. The summed E-state index contributed by atoms with van der Waals surface area (Å²) in [5.74, 6) is 0.664. The molecule has 0 heterocycles. The molecule has 0 aromatic heterocycles. The summed E-state index contributed by atoms with van der Waals surface area (Å²) >= 11 is 5.93. The second-order valence-corrected chi connectivity index (χ2v) is 6.75. The summed E-state index contributed by atoms with van der Waals surface area (Å²) in [5, 5.41) is 0.650. The van der Waals surface area contributed by atoms with E-state index in [1.165, 1.54) is 32.1 Å². The van der Waals surface area contributed by atoms with Crippen molar-refractivity contribution in [2.45, 2.75) is 51.9 Å². The summed E-state index contributed by atoms with van der Waals surface area (Å²) in [6.07, 6.45) is 7.62. The average Bonchev–Trinajstić information content (AvgIpc) is 2.60. The molecule has 1 aliphatic rings. The van der Waals surface area contributed by atoms with Crippen LogP contribution in [0, 0.1) is 12.8 Å². The number of hydrazine groups is 1. The zero-order valence-corrected chi connectivity index (χ0v) is 14.8. The third-order valence-corrected chi connectivity index (χ3v) is 4.77. The van der Waals surface area contributed by atoms with Crippen molar-refractivity contribution >= 4 is 23.4 Å². The molecule has 5 nitrogen and oxygen atoms in total. The smallest absolute Gasteiger partial charge is 0.276 e. The maximum atomic E-state index is 11.8. The standard InChI is InChI=1S/C18H25ClN2O3/c1-13-11-15(8-9-16(13)19)24-12-18(23)21-20-17(22)10-7-14-5-3-2-4-6-14/h8-9,11,14H,2-7,10,12H2,1H3,(H,20,22)(H,21,23). The molecule has 2 amide bonds. The Morgan fingerprint density at radius 2 is 1.88 bits per heavy atom. The van der Waals surface area contributed by atoms with Gasteiger partial charge in [0.25, 0.3) is 5.91 Å². The van der Waals surface area contributed by atoms with E-state index in [2.05, 4.69) is 10.9 Å². The van der Waals surface area contributed by atoms with Gasteiger partial charge in [0.05, 0.1) is 0 Å². The largest absolute Gasteiger partial charge is 0.484 e.